The molecule has 0 aliphatic carbocycles. The Labute approximate surface area is 151 Å². The van der Waals surface area contributed by atoms with Crippen LogP contribution in [0.3, 0.4) is 0 Å². The molecule has 2 heterocycles. The maximum Gasteiger partial charge on any atom is 0.231 e. The third-order valence-electron chi connectivity index (χ3n) is 4.64. The first-order valence-corrected chi connectivity index (χ1v) is 9.18. The number of benzene rings is 2. The maximum absolute atomic E-state index is 6.05. The van der Waals surface area contributed by atoms with Crippen molar-refractivity contribution in [3.8, 4) is 17.2 Å². The zero-order valence-corrected chi connectivity index (χ0v) is 15.0. The molecule has 0 amide bonds. The Morgan fingerprint density at radius 2 is 1.88 bits per heavy atom. The van der Waals surface area contributed by atoms with Crippen LogP contribution >= 0.6 is 0 Å². The Morgan fingerprint density at radius 3 is 2.72 bits per heavy atom. The summed E-state index contributed by atoms with van der Waals surface area (Å²) in [5, 5.41) is 3.49. The number of hydrogen-bond donors (Lipinski definition) is 1. The summed E-state index contributed by atoms with van der Waals surface area (Å²) >= 11 is 0. The van der Waals surface area contributed by atoms with Gasteiger partial charge in [-0.15, -0.1) is 0 Å². The summed E-state index contributed by atoms with van der Waals surface area (Å²) in [6.07, 6.45) is 1.15. The van der Waals surface area contributed by atoms with Crippen LogP contribution in [-0.4, -0.2) is 26.5 Å². The molecule has 0 aromatic heterocycles. The van der Waals surface area contributed by atoms with Crippen LogP contribution in [0.25, 0.3) is 0 Å². The zero-order valence-electron chi connectivity index (χ0n) is 15.0. The maximum atomic E-state index is 6.05. The molecule has 136 valence electrons. The number of nitrogens with one attached hydrogen (secondary N) is 1. The van der Waals surface area contributed by atoms with E-state index in [1.54, 1.807) is 0 Å². The smallest absolute Gasteiger partial charge is 0.231 e. The fourth-order valence-electron chi connectivity index (χ4n) is 3.41. The molecule has 2 aromatic rings. The van der Waals surface area contributed by atoms with Crippen LogP contribution in [0.2, 0.25) is 0 Å². The first-order valence-electron chi connectivity index (χ1n) is 9.18. The van der Waals surface area contributed by atoms with Gasteiger partial charge in [-0.25, -0.2) is 0 Å². The van der Waals surface area contributed by atoms with Gasteiger partial charge in [-0.1, -0.05) is 44.2 Å². The van der Waals surface area contributed by atoms with Gasteiger partial charge in [0.1, 0.15) is 5.75 Å². The van der Waals surface area contributed by atoms with Crippen LogP contribution in [0.15, 0.2) is 48.5 Å². The molecule has 0 spiro atoms. The summed E-state index contributed by atoms with van der Waals surface area (Å²) in [7, 11) is 0. The highest BCUT2D eigenvalue weighted by Gasteiger charge is 2.27. The van der Waals surface area contributed by atoms with Gasteiger partial charge in [0.25, 0.3) is 0 Å². The van der Waals surface area contributed by atoms with Crippen molar-refractivity contribution < 1.29 is 15.6 Å². The Kier molecular flexibility index (Phi) is 6.18. The van der Waals surface area contributed by atoms with E-state index in [2.05, 4.69) is 35.6 Å². The molecular weight excluding hydrogens is 314 g/mol. The van der Waals surface area contributed by atoms with Gasteiger partial charge in [-0.3, -0.25) is 0 Å². The average molecular weight is 343 g/mol. The quantitative estimate of drug-likeness (QED) is 0.890. The van der Waals surface area contributed by atoms with E-state index in [1.165, 1.54) is 5.56 Å². The second-order valence-corrected chi connectivity index (χ2v) is 6.10. The lowest BCUT2D eigenvalue weighted by atomic mass is 9.81. The predicted molar refractivity (Wildman–Crippen MR) is 102 cm³/mol. The van der Waals surface area contributed by atoms with Gasteiger partial charge in [0.15, 0.2) is 11.5 Å². The van der Waals surface area contributed by atoms with Crippen LogP contribution < -0.4 is 19.5 Å². The molecule has 2 atom stereocenters. The Morgan fingerprint density at radius 1 is 1.08 bits per heavy atom. The van der Waals surface area contributed by atoms with Crippen molar-refractivity contribution in [1.29, 1.82) is 0 Å². The van der Waals surface area contributed by atoms with Crippen LogP contribution in [0, 0.1) is 5.92 Å². The standard InChI is InChI=1S/C19H21NO3.C2H6.H2/c1-2-4-14(5-3-1)17-8-9-20-11-15(17)12-21-16-6-7-18-19(10-16)23-13-22-18;1-2;/h1-7,10,15,17,20H,8-9,11-13H2;1-2H3;1H/t15-,17?;;/m0../s1. The van der Waals surface area contributed by atoms with Crippen LogP contribution in [-0.2, 0) is 0 Å². The van der Waals surface area contributed by atoms with E-state index >= 15 is 0 Å². The highest BCUT2D eigenvalue weighted by Crippen LogP contribution is 2.36. The molecule has 25 heavy (non-hydrogen) atoms. The number of fused-ring (bicyclic) bond motifs is 1. The Balaban J connectivity index is 0.000000784. The molecule has 2 aliphatic rings. The van der Waals surface area contributed by atoms with Crippen molar-refractivity contribution in [2.45, 2.75) is 26.2 Å². The molecule has 0 saturated carbocycles. The molecule has 2 aromatic carbocycles. The first-order chi connectivity index (χ1) is 12.4. The Bertz CT molecular complexity index is 666. The van der Waals surface area contributed by atoms with Gasteiger partial charge in [0.2, 0.25) is 6.79 Å². The van der Waals surface area contributed by atoms with Crippen molar-refractivity contribution in [3.05, 3.63) is 54.1 Å². The number of piperidine rings is 1. The molecule has 4 rings (SSSR count). The summed E-state index contributed by atoms with van der Waals surface area (Å²) in [5.41, 5.74) is 1.41. The van der Waals surface area contributed by atoms with Gasteiger partial charge in [0, 0.05) is 20.0 Å². The van der Waals surface area contributed by atoms with Crippen molar-refractivity contribution in [1.82, 2.24) is 5.32 Å². The summed E-state index contributed by atoms with van der Waals surface area (Å²) in [5.74, 6) is 3.41. The molecule has 0 bridgehead atoms. The number of hydrogen-bond acceptors (Lipinski definition) is 4. The van der Waals surface area contributed by atoms with Crippen LogP contribution in [0.4, 0.5) is 0 Å². The molecule has 4 heteroatoms. The van der Waals surface area contributed by atoms with Crippen molar-refractivity contribution in [2.24, 2.45) is 5.92 Å². The topological polar surface area (TPSA) is 39.7 Å². The molecule has 2 aliphatic heterocycles. The van der Waals surface area contributed by atoms with E-state index in [1.807, 2.05) is 32.0 Å². The lowest BCUT2D eigenvalue weighted by molar-refractivity contribution is 0.173. The SMILES string of the molecule is CC.[HH].c1ccc(C2CCNC[C@H]2COc2ccc3c(c2)OCO3)cc1. The molecule has 1 N–H and O–H groups in total. The minimum Gasteiger partial charge on any atom is -0.493 e. The lowest BCUT2D eigenvalue weighted by Gasteiger charge is -2.32. The third kappa shape index (κ3) is 4.26. The number of ether oxygens (including phenoxy) is 3. The average Bonchev–Trinajstić information content (AvgIpc) is 3.17. The highest BCUT2D eigenvalue weighted by atomic mass is 16.7. The highest BCUT2D eigenvalue weighted by molar-refractivity contribution is 5.46. The third-order valence-corrected chi connectivity index (χ3v) is 4.64. The molecule has 1 fully saturated rings. The summed E-state index contributed by atoms with van der Waals surface area (Å²) < 4.78 is 16.8. The van der Waals surface area contributed by atoms with E-state index in [4.69, 9.17) is 14.2 Å². The molecule has 1 unspecified atom stereocenters. The van der Waals surface area contributed by atoms with Gasteiger partial charge in [-0.05, 0) is 36.6 Å². The van der Waals surface area contributed by atoms with Gasteiger partial charge in [-0.2, -0.15) is 0 Å². The van der Waals surface area contributed by atoms with Gasteiger partial charge in [0.05, 0.1) is 6.61 Å². The van der Waals surface area contributed by atoms with Crippen molar-refractivity contribution in [2.75, 3.05) is 26.5 Å². The number of rotatable bonds is 4. The van der Waals surface area contributed by atoms with Crippen LogP contribution in [0.5, 0.6) is 17.2 Å². The van der Waals surface area contributed by atoms with E-state index < -0.39 is 0 Å². The van der Waals surface area contributed by atoms with Gasteiger partial charge < -0.3 is 19.5 Å². The normalized spacial score (nSPS) is 21.2. The fourth-order valence-corrected chi connectivity index (χ4v) is 3.41. The minimum atomic E-state index is 0. The molecular formula is C21H29NO3. The minimum absolute atomic E-state index is 0. The van der Waals surface area contributed by atoms with E-state index in [-0.39, 0.29) is 1.43 Å². The summed E-state index contributed by atoms with van der Waals surface area (Å²) in [6.45, 7) is 7.05. The summed E-state index contributed by atoms with van der Waals surface area (Å²) in [4.78, 5) is 0. The second-order valence-electron chi connectivity index (χ2n) is 6.10. The lowest BCUT2D eigenvalue weighted by Crippen LogP contribution is -2.38. The molecule has 1 saturated heterocycles. The first kappa shape index (κ1) is 17.6. The largest absolute Gasteiger partial charge is 0.493 e. The fraction of sp³-hybridized carbons (Fsp3) is 0.429. The molecule has 0 radical (unpaired) electrons. The van der Waals surface area contributed by atoms with E-state index in [0.29, 0.717) is 25.2 Å². The second kappa shape index (κ2) is 8.77. The van der Waals surface area contributed by atoms with Crippen LogP contribution in [0.1, 0.15) is 33.2 Å². The Hall–Kier alpha value is -2.20. The van der Waals surface area contributed by atoms with E-state index in [0.717, 1.165) is 36.8 Å². The van der Waals surface area contributed by atoms with Crippen molar-refractivity contribution >= 4 is 0 Å². The monoisotopic (exact) mass is 343 g/mol. The summed E-state index contributed by atoms with van der Waals surface area (Å²) in [6, 6.07) is 16.5. The van der Waals surface area contributed by atoms with Gasteiger partial charge >= 0.3 is 0 Å². The van der Waals surface area contributed by atoms with Crippen molar-refractivity contribution in [3.63, 3.8) is 0 Å². The van der Waals surface area contributed by atoms with E-state index in [9.17, 15) is 0 Å². The molecule has 4 nitrogen and oxygen atoms in total. The zero-order chi connectivity index (χ0) is 17.5. The predicted octanol–water partition coefficient (Wildman–Crippen LogP) is 4.46.